The van der Waals surface area contributed by atoms with Crippen LogP contribution in [-0.4, -0.2) is 20.4 Å². The van der Waals surface area contributed by atoms with Crippen LogP contribution in [0.5, 0.6) is 0 Å². The first-order chi connectivity index (χ1) is 9.32. The molecule has 1 fully saturated rings. The molecule has 0 saturated heterocycles. The molecule has 0 heterocycles. The molecule has 0 spiro atoms. The SMILES string of the molecule is CCCC1CC1NC(=O)c1ccc(S(N)(=O)=O)cc1F. The summed E-state index contributed by atoms with van der Waals surface area (Å²) in [6.07, 6.45) is 3.00. The number of hydrogen-bond donors (Lipinski definition) is 2. The lowest BCUT2D eigenvalue weighted by atomic mass is 10.2. The molecule has 0 aromatic heterocycles. The summed E-state index contributed by atoms with van der Waals surface area (Å²) in [5, 5.41) is 7.64. The number of primary sulfonamides is 1. The third-order valence-corrected chi connectivity index (χ3v) is 4.32. The van der Waals surface area contributed by atoms with Gasteiger partial charge < -0.3 is 5.32 Å². The van der Waals surface area contributed by atoms with Crippen LogP contribution in [0.25, 0.3) is 0 Å². The van der Waals surface area contributed by atoms with E-state index in [1.54, 1.807) is 0 Å². The Hall–Kier alpha value is -1.47. The van der Waals surface area contributed by atoms with Crippen molar-refractivity contribution in [2.24, 2.45) is 11.1 Å². The molecular formula is C13H17FN2O3S. The first-order valence-corrected chi connectivity index (χ1v) is 8.00. The van der Waals surface area contributed by atoms with Crippen molar-refractivity contribution in [2.45, 2.75) is 37.1 Å². The molecule has 3 N–H and O–H groups in total. The molecule has 7 heteroatoms. The molecule has 1 amide bonds. The highest BCUT2D eigenvalue weighted by atomic mass is 32.2. The Kier molecular flexibility index (Phi) is 4.10. The summed E-state index contributed by atoms with van der Waals surface area (Å²) in [6.45, 7) is 2.07. The molecule has 1 saturated carbocycles. The molecule has 2 rings (SSSR count). The summed E-state index contributed by atoms with van der Waals surface area (Å²) in [5.74, 6) is -0.940. The topological polar surface area (TPSA) is 89.3 Å². The van der Waals surface area contributed by atoms with Crippen LogP contribution in [0.1, 0.15) is 36.5 Å². The van der Waals surface area contributed by atoms with Crippen molar-refractivity contribution in [1.82, 2.24) is 5.32 Å². The van der Waals surface area contributed by atoms with Crippen molar-refractivity contribution < 1.29 is 17.6 Å². The van der Waals surface area contributed by atoms with Crippen molar-refractivity contribution in [1.29, 1.82) is 0 Å². The zero-order valence-electron chi connectivity index (χ0n) is 11.1. The smallest absolute Gasteiger partial charge is 0.254 e. The zero-order chi connectivity index (χ0) is 14.9. The van der Waals surface area contributed by atoms with Crippen LogP contribution >= 0.6 is 0 Å². The van der Waals surface area contributed by atoms with Gasteiger partial charge in [-0.2, -0.15) is 0 Å². The van der Waals surface area contributed by atoms with Crippen molar-refractivity contribution >= 4 is 15.9 Å². The van der Waals surface area contributed by atoms with Gasteiger partial charge in [0.2, 0.25) is 10.0 Å². The maximum atomic E-state index is 13.8. The van der Waals surface area contributed by atoms with Gasteiger partial charge in [-0.1, -0.05) is 13.3 Å². The van der Waals surface area contributed by atoms with Gasteiger partial charge in [0.1, 0.15) is 5.82 Å². The minimum absolute atomic E-state index is 0.0970. The van der Waals surface area contributed by atoms with Crippen LogP contribution in [0, 0.1) is 11.7 Å². The number of rotatable bonds is 5. The third kappa shape index (κ3) is 3.34. The molecule has 2 atom stereocenters. The van der Waals surface area contributed by atoms with E-state index in [9.17, 15) is 17.6 Å². The monoisotopic (exact) mass is 300 g/mol. The summed E-state index contributed by atoms with van der Waals surface area (Å²) in [7, 11) is -3.97. The van der Waals surface area contributed by atoms with E-state index in [1.165, 1.54) is 0 Å². The molecule has 1 aromatic rings. The zero-order valence-corrected chi connectivity index (χ0v) is 11.9. The summed E-state index contributed by atoms with van der Waals surface area (Å²) >= 11 is 0. The Balaban J connectivity index is 2.08. The van der Waals surface area contributed by atoms with Crippen LogP contribution in [0.4, 0.5) is 4.39 Å². The molecule has 20 heavy (non-hydrogen) atoms. The molecule has 1 aliphatic rings. The molecule has 1 aromatic carbocycles. The second-order valence-corrected chi connectivity index (χ2v) is 6.61. The van der Waals surface area contributed by atoms with E-state index in [0.29, 0.717) is 5.92 Å². The number of nitrogens with one attached hydrogen (secondary N) is 1. The number of amides is 1. The maximum absolute atomic E-state index is 13.8. The van der Waals surface area contributed by atoms with Crippen molar-refractivity contribution in [3.8, 4) is 0 Å². The van der Waals surface area contributed by atoms with Gasteiger partial charge in [-0.15, -0.1) is 0 Å². The number of benzene rings is 1. The van der Waals surface area contributed by atoms with Crippen LogP contribution in [0.2, 0.25) is 0 Å². The van der Waals surface area contributed by atoms with E-state index in [2.05, 4.69) is 12.2 Å². The fraction of sp³-hybridized carbons (Fsp3) is 0.462. The van der Waals surface area contributed by atoms with Crippen LogP contribution in [-0.2, 0) is 10.0 Å². The second-order valence-electron chi connectivity index (χ2n) is 5.05. The highest BCUT2D eigenvalue weighted by molar-refractivity contribution is 7.89. The van der Waals surface area contributed by atoms with Crippen LogP contribution in [0.3, 0.4) is 0 Å². The third-order valence-electron chi connectivity index (χ3n) is 3.41. The first-order valence-electron chi connectivity index (χ1n) is 6.46. The first kappa shape index (κ1) is 14.9. The average molecular weight is 300 g/mol. The van der Waals surface area contributed by atoms with Crippen molar-refractivity contribution in [3.05, 3.63) is 29.6 Å². The molecule has 0 bridgehead atoms. The number of hydrogen-bond acceptors (Lipinski definition) is 3. The quantitative estimate of drug-likeness (QED) is 0.861. The average Bonchev–Trinajstić information content (AvgIpc) is 3.06. The fourth-order valence-corrected chi connectivity index (χ4v) is 2.74. The molecule has 0 aliphatic heterocycles. The second kappa shape index (κ2) is 5.49. The lowest BCUT2D eigenvalue weighted by Crippen LogP contribution is -2.28. The standard InChI is InChI=1S/C13H17FN2O3S/c1-2-3-8-6-12(8)16-13(17)10-5-4-9(7-11(10)14)20(15,18)19/h4-5,7-8,12H,2-3,6H2,1H3,(H,16,17)(H2,15,18,19). The summed E-state index contributed by atoms with van der Waals surface area (Å²) in [4.78, 5) is 11.5. The van der Waals surface area contributed by atoms with E-state index >= 15 is 0 Å². The predicted molar refractivity (Wildman–Crippen MR) is 72.0 cm³/mol. The fourth-order valence-electron chi connectivity index (χ4n) is 2.22. The van der Waals surface area contributed by atoms with Crippen molar-refractivity contribution in [3.63, 3.8) is 0 Å². The predicted octanol–water partition coefficient (Wildman–Crippen LogP) is 1.39. The van der Waals surface area contributed by atoms with E-state index in [0.717, 1.165) is 37.5 Å². The van der Waals surface area contributed by atoms with E-state index in [4.69, 9.17) is 5.14 Å². The maximum Gasteiger partial charge on any atom is 0.254 e. The molecule has 110 valence electrons. The van der Waals surface area contributed by atoms with Gasteiger partial charge in [-0.3, -0.25) is 4.79 Å². The largest absolute Gasteiger partial charge is 0.349 e. The Morgan fingerprint density at radius 1 is 1.50 bits per heavy atom. The van der Waals surface area contributed by atoms with Crippen LogP contribution < -0.4 is 10.5 Å². The van der Waals surface area contributed by atoms with Gasteiger partial charge >= 0.3 is 0 Å². The number of halogens is 1. The highest BCUT2D eigenvalue weighted by Gasteiger charge is 2.37. The summed E-state index contributed by atoms with van der Waals surface area (Å²) in [5.41, 5.74) is -0.167. The van der Waals surface area contributed by atoms with Crippen LogP contribution in [0.15, 0.2) is 23.1 Å². The minimum atomic E-state index is -3.97. The molecule has 1 aliphatic carbocycles. The lowest BCUT2D eigenvalue weighted by molar-refractivity contribution is 0.0944. The molecule has 5 nitrogen and oxygen atoms in total. The van der Waals surface area contributed by atoms with E-state index in [1.807, 2.05) is 0 Å². The van der Waals surface area contributed by atoms with Gasteiger partial charge in [-0.05, 0) is 37.0 Å². The number of nitrogens with two attached hydrogens (primary N) is 1. The molecule has 0 radical (unpaired) electrons. The Bertz CT molecular complexity index is 631. The van der Waals surface area contributed by atoms with Gasteiger partial charge in [-0.25, -0.2) is 17.9 Å². The lowest BCUT2D eigenvalue weighted by Gasteiger charge is -2.07. The number of carbonyl (C=O) groups excluding carboxylic acids is 1. The van der Waals surface area contributed by atoms with Gasteiger partial charge in [0.25, 0.3) is 5.91 Å². The number of sulfonamides is 1. The Labute approximate surface area is 117 Å². The Morgan fingerprint density at radius 2 is 2.20 bits per heavy atom. The molecule has 2 unspecified atom stereocenters. The molecular weight excluding hydrogens is 283 g/mol. The highest BCUT2D eigenvalue weighted by Crippen LogP contribution is 2.34. The van der Waals surface area contributed by atoms with E-state index < -0.39 is 21.7 Å². The van der Waals surface area contributed by atoms with Crippen molar-refractivity contribution in [2.75, 3.05) is 0 Å². The van der Waals surface area contributed by atoms with Gasteiger partial charge in [0, 0.05) is 6.04 Å². The number of carbonyl (C=O) groups is 1. The summed E-state index contributed by atoms with van der Waals surface area (Å²) in [6, 6.07) is 3.13. The van der Waals surface area contributed by atoms with E-state index in [-0.39, 0.29) is 16.5 Å². The minimum Gasteiger partial charge on any atom is -0.349 e. The normalized spacial score (nSPS) is 21.6. The van der Waals surface area contributed by atoms with Gasteiger partial charge in [0.05, 0.1) is 10.5 Å². The summed E-state index contributed by atoms with van der Waals surface area (Å²) < 4.78 is 35.9. The Morgan fingerprint density at radius 3 is 2.75 bits per heavy atom. The van der Waals surface area contributed by atoms with Gasteiger partial charge in [0.15, 0.2) is 0 Å².